The van der Waals surface area contributed by atoms with Crippen molar-refractivity contribution in [3.8, 4) is 62.5 Å². The minimum Gasteiger partial charge on any atom is -0.502 e. The Kier molecular flexibility index (Phi) is 8.82. The van der Waals surface area contributed by atoms with E-state index < -0.39 is 0 Å². The third-order valence-corrected chi connectivity index (χ3v) is 10.7. The van der Waals surface area contributed by atoms with Crippen LogP contribution in [0.4, 0.5) is 0 Å². The maximum Gasteiger partial charge on any atom is 2.00 e. The number of rotatable bonds is 6. The van der Waals surface area contributed by atoms with E-state index in [2.05, 4.69) is 154 Å². The molecule has 6 aromatic carbocycles. The maximum atomic E-state index is 6.95. The molecule has 0 amide bonds. The molecule has 55 heavy (non-hydrogen) atoms. The number of fused-ring (bicyclic) bond motifs is 5. The van der Waals surface area contributed by atoms with Gasteiger partial charge in [-0.05, 0) is 76.2 Å². The molecule has 4 heterocycles. The zero-order chi connectivity index (χ0) is 36.5. The molecule has 5 nitrogen and oxygen atoms in total. The fourth-order valence-corrected chi connectivity index (χ4v) is 8.03. The van der Waals surface area contributed by atoms with Gasteiger partial charge in [0.2, 0.25) is 6.71 Å². The van der Waals surface area contributed by atoms with Crippen LogP contribution in [-0.2, 0) is 21.1 Å². The van der Waals surface area contributed by atoms with Crippen molar-refractivity contribution in [2.24, 2.45) is 0 Å². The van der Waals surface area contributed by atoms with Gasteiger partial charge >= 0.3 is 21.1 Å². The summed E-state index contributed by atoms with van der Waals surface area (Å²) in [5, 5.41) is 0. The molecule has 8 aromatic rings. The molecule has 10 rings (SSSR count). The Labute approximate surface area is 336 Å². The summed E-state index contributed by atoms with van der Waals surface area (Å²) in [5.74, 6) is 4.59. The van der Waals surface area contributed by atoms with Gasteiger partial charge in [0, 0.05) is 28.8 Å². The normalized spacial score (nSPS) is 12.4. The molecule has 0 spiro atoms. The predicted octanol–water partition coefficient (Wildman–Crippen LogP) is 9.99. The number of imidazole rings is 1. The van der Waals surface area contributed by atoms with E-state index in [9.17, 15) is 0 Å². The zero-order valence-corrected chi connectivity index (χ0v) is 33.2. The van der Waals surface area contributed by atoms with Crippen molar-refractivity contribution in [1.29, 1.82) is 0 Å². The number of hydrogen-bond donors (Lipinski definition) is 0. The van der Waals surface area contributed by atoms with Crippen LogP contribution in [0.25, 0.3) is 50.5 Å². The summed E-state index contributed by atoms with van der Waals surface area (Å²) in [6, 6.07) is 51.6. The third kappa shape index (κ3) is 5.83. The molecule has 0 fully saturated rings. The van der Waals surface area contributed by atoms with Crippen molar-refractivity contribution >= 4 is 34.1 Å². The molecule has 7 heteroatoms. The monoisotopic (exact) mass is 892 g/mol. The van der Waals surface area contributed by atoms with Gasteiger partial charge in [0.15, 0.2) is 0 Å². The van der Waals surface area contributed by atoms with Gasteiger partial charge < -0.3 is 19.0 Å². The number of hydrogen-bond acceptors (Lipinski definition) is 4. The van der Waals surface area contributed by atoms with Crippen molar-refractivity contribution in [3.05, 3.63) is 157 Å². The predicted molar refractivity (Wildman–Crippen MR) is 219 cm³/mol. The zero-order valence-electron chi connectivity index (χ0n) is 30.9. The molecule has 0 bridgehead atoms. The fourth-order valence-electron chi connectivity index (χ4n) is 8.03. The van der Waals surface area contributed by atoms with E-state index in [0.717, 1.165) is 89.9 Å². The fraction of sp³-hybridized carbons (Fsp3) is 0.125. The van der Waals surface area contributed by atoms with Gasteiger partial charge in [-0.25, -0.2) is 0 Å². The van der Waals surface area contributed by atoms with E-state index in [0.29, 0.717) is 0 Å². The summed E-state index contributed by atoms with van der Waals surface area (Å²) in [7, 11) is 0. The number of para-hydroxylation sites is 3. The Bertz CT molecular complexity index is 2720. The van der Waals surface area contributed by atoms with Crippen molar-refractivity contribution in [1.82, 2.24) is 14.5 Å². The topological polar surface area (TPSA) is 49.2 Å². The molecule has 268 valence electrons. The molecular weight excluding hydrogens is 856 g/mol. The number of benzene rings is 6. The number of nitrogens with zero attached hydrogens (tertiary/aromatic N) is 3. The van der Waals surface area contributed by atoms with Crippen LogP contribution in [0.3, 0.4) is 0 Å². The number of aromatic nitrogens is 3. The van der Waals surface area contributed by atoms with Gasteiger partial charge in [-0.1, -0.05) is 94.4 Å². The average Bonchev–Trinajstić information content (AvgIpc) is 3.60. The van der Waals surface area contributed by atoms with Crippen LogP contribution in [0.2, 0.25) is 0 Å². The summed E-state index contributed by atoms with van der Waals surface area (Å²) in [6.45, 7) is 8.67. The van der Waals surface area contributed by atoms with E-state index in [1.807, 2.05) is 24.4 Å². The van der Waals surface area contributed by atoms with Crippen molar-refractivity contribution in [2.45, 2.75) is 39.5 Å². The molecule has 0 radical (unpaired) electrons. The molecule has 2 aromatic heterocycles. The van der Waals surface area contributed by atoms with Crippen molar-refractivity contribution in [2.75, 3.05) is 0 Å². The molecule has 2 aliphatic rings. The van der Waals surface area contributed by atoms with Crippen LogP contribution in [0.15, 0.2) is 134 Å². The Balaban J connectivity index is 0.00000397. The minimum absolute atomic E-state index is 0. The van der Waals surface area contributed by atoms with Crippen LogP contribution < -0.4 is 25.9 Å². The van der Waals surface area contributed by atoms with Gasteiger partial charge in [-0.2, -0.15) is 0 Å². The van der Waals surface area contributed by atoms with Crippen molar-refractivity contribution < 1.29 is 30.5 Å². The van der Waals surface area contributed by atoms with E-state index in [4.69, 9.17) is 19.4 Å². The Morgan fingerprint density at radius 2 is 1.22 bits per heavy atom. The third-order valence-electron chi connectivity index (χ3n) is 10.7. The number of pyridine rings is 1. The largest absolute Gasteiger partial charge is 2.00 e. The van der Waals surface area contributed by atoms with Gasteiger partial charge in [0.25, 0.3) is 0 Å². The summed E-state index contributed by atoms with van der Waals surface area (Å²) >= 11 is 0. The van der Waals surface area contributed by atoms with E-state index >= 15 is 0 Å². The van der Waals surface area contributed by atoms with Gasteiger partial charge in [-0.3, -0.25) is 4.98 Å². The quantitative estimate of drug-likeness (QED) is 0.123. The first-order valence-corrected chi connectivity index (χ1v) is 18.7. The molecule has 0 saturated carbocycles. The second-order valence-corrected chi connectivity index (χ2v) is 14.8. The van der Waals surface area contributed by atoms with Gasteiger partial charge in [0.1, 0.15) is 11.5 Å². The molecule has 0 atom stereocenters. The maximum absolute atomic E-state index is 6.95. The first-order valence-electron chi connectivity index (χ1n) is 18.7. The Morgan fingerprint density at radius 3 is 1.89 bits per heavy atom. The van der Waals surface area contributed by atoms with Crippen LogP contribution in [-0.4, -0.2) is 21.2 Å². The van der Waals surface area contributed by atoms with Crippen LogP contribution in [0.5, 0.6) is 23.0 Å². The van der Waals surface area contributed by atoms with Crippen LogP contribution in [0.1, 0.15) is 50.7 Å². The average molecular weight is 893 g/mol. The van der Waals surface area contributed by atoms with E-state index in [-0.39, 0.29) is 39.6 Å². The number of ether oxygens (including phenoxy) is 2. The summed E-state index contributed by atoms with van der Waals surface area (Å²) in [4.78, 5) is 10.0. The van der Waals surface area contributed by atoms with Gasteiger partial charge in [-0.15, -0.1) is 58.5 Å². The van der Waals surface area contributed by atoms with Gasteiger partial charge in [0.05, 0.1) is 16.9 Å². The molecule has 0 N–H and O–H groups in total. The molecule has 0 saturated heterocycles. The SMILES string of the molecule is CC(C)c1cc(C(C)C)c2c3c1Oc1ccc(-c4cc(-c5ccccc5)ccn4)[c-]c1B3c1[c-]c(-c3nc4ccccc4n3-c3ccccc3)ccc1O2.[Pt+2]. The minimum atomic E-state index is -0.245. The Hall–Kier alpha value is -5.71. The second kappa shape index (κ2) is 13.9. The molecule has 0 aliphatic carbocycles. The first-order chi connectivity index (χ1) is 26.4. The molecular formula is C48H36BN3O2Pt. The molecule has 2 aliphatic heterocycles. The van der Waals surface area contributed by atoms with Crippen LogP contribution >= 0.6 is 0 Å². The Morgan fingerprint density at radius 1 is 0.618 bits per heavy atom. The van der Waals surface area contributed by atoms with E-state index in [1.165, 1.54) is 11.1 Å². The standard InChI is InChI=1S/C48H36BN3O2.Pt/c1-29(2)36-28-37(30(3)4)47-45-46(36)53-43-21-19-33(41-27-32(23-24-50-41)31-13-7-5-8-14-31)25-38(43)49(45)39-26-34(20-22-44(39)54-47)48-51-40-17-11-12-18-42(40)52(48)35-15-9-6-10-16-35;/h5-24,27-30H,1-4H3;/q-2;+2. The van der Waals surface area contributed by atoms with Crippen LogP contribution in [0, 0.1) is 12.1 Å². The smallest absolute Gasteiger partial charge is 0.502 e. The summed E-state index contributed by atoms with van der Waals surface area (Å²) < 4.78 is 16.1. The first kappa shape index (κ1) is 35.0. The summed E-state index contributed by atoms with van der Waals surface area (Å²) in [6.07, 6.45) is 1.88. The molecule has 0 unspecified atom stereocenters. The second-order valence-electron chi connectivity index (χ2n) is 14.8. The van der Waals surface area contributed by atoms with E-state index in [1.54, 1.807) is 0 Å². The summed E-state index contributed by atoms with van der Waals surface area (Å²) in [5.41, 5.74) is 13.1. The van der Waals surface area contributed by atoms with Crippen molar-refractivity contribution in [3.63, 3.8) is 0 Å².